The molecule has 1 N–H and O–H groups in total. The zero-order chi connectivity index (χ0) is 12.8. The first kappa shape index (κ1) is 14.2. The van der Waals surface area contributed by atoms with Crippen LogP contribution in [0.15, 0.2) is 0 Å². The summed E-state index contributed by atoms with van der Waals surface area (Å²) >= 11 is 1.39. The Morgan fingerprint density at radius 1 is 1.47 bits per heavy atom. The van der Waals surface area contributed by atoms with Crippen LogP contribution in [0.5, 0.6) is 0 Å². The SMILES string of the molecule is CCCCCC(C)Nc1snc(C)c1C(C)=O. The molecule has 3 nitrogen and oxygen atoms in total. The molecule has 0 aliphatic carbocycles. The van der Waals surface area contributed by atoms with E-state index in [0.29, 0.717) is 6.04 Å². The quantitative estimate of drug-likeness (QED) is 0.590. The zero-order valence-electron chi connectivity index (χ0n) is 11.2. The average molecular weight is 254 g/mol. The van der Waals surface area contributed by atoms with Crippen molar-refractivity contribution in [3.05, 3.63) is 11.3 Å². The molecule has 0 aromatic carbocycles. The van der Waals surface area contributed by atoms with Crippen molar-refractivity contribution in [1.29, 1.82) is 0 Å². The Labute approximate surface area is 108 Å². The van der Waals surface area contributed by atoms with Crippen LogP contribution in [0.4, 0.5) is 5.00 Å². The topological polar surface area (TPSA) is 42.0 Å². The highest BCUT2D eigenvalue weighted by atomic mass is 32.1. The summed E-state index contributed by atoms with van der Waals surface area (Å²) in [6.45, 7) is 7.86. The maximum absolute atomic E-state index is 11.5. The summed E-state index contributed by atoms with van der Waals surface area (Å²) in [6, 6.07) is 0.402. The molecule has 17 heavy (non-hydrogen) atoms. The predicted molar refractivity (Wildman–Crippen MR) is 74.1 cm³/mol. The van der Waals surface area contributed by atoms with E-state index >= 15 is 0 Å². The van der Waals surface area contributed by atoms with Crippen molar-refractivity contribution in [3.8, 4) is 0 Å². The van der Waals surface area contributed by atoms with Gasteiger partial charge in [-0.25, -0.2) is 0 Å². The Morgan fingerprint density at radius 3 is 2.76 bits per heavy atom. The van der Waals surface area contributed by atoms with E-state index < -0.39 is 0 Å². The number of aryl methyl sites for hydroxylation is 1. The van der Waals surface area contributed by atoms with Crippen LogP contribution in [-0.4, -0.2) is 16.2 Å². The summed E-state index contributed by atoms with van der Waals surface area (Å²) in [5.74, 6) is 0.0968. The van der Waals surface area contributed by atoms with Gasteiger partial charge in [0.25, 0.3) is 0 Å². The van der Waals surface area contributed by atoms with Gasteiger partial charge in [-0.15, -0.1) is 0 Å². The average Bonchev–Trinajstić information content (AvgIpc) is 2.60. The number of ketones is 1. The second kappa shape index (κ2) is 6.74. The fourth-order valence-electron chi connectivity index (χ4n) is 1.88. The molecule has 0 bridgehead atoms. The maximum atomic E-state index is 11.5. The van der Waals surface area contributed by atoms with E-state index in [1.807, 2.05) is 6.92 Å². The second-order valence-electron chi connectivity index (χ2n) is 4.57. The number of nitrogens with one attached hydrogen (secondary N) is 1. The molecule has 1 aromatic rings. The molecule has 0 aliphatic rings. The van der Waals surface area contributed by atoms with Crippen LogP contribution >= 0.6 is 11.5 Å². The summed E-state index contributed by atoms with van der Waals surface area (Å²) in [7, 11) is 0. The lowest BCUT2D eigenvalue weighted by Gasteiger charge is -2.14. The van der Waals surface area contributed by atoms with Crippen LogP contribution in [0.3, 0.4) is 0 Å². The van der Waals surface area contributed by atoms with Crippen LogP contribution in [0, 0.1) is 6.92 Å². The maximum Gasteiger partial charge on any atom is 0.164 e. The molecule has 0 aliphatic heterocycles. The Kier molecular flexibility index (Phi) is 5.62. The molecule has 1 unspecified atom stereocenters. The highest BCUT2D eigenvalue weighted by Gasteiger charge is 2.16. The van der Waals surface area contributed by atoms with Crippen LogP contribution in [0.2, 0.25) is 0 Å². The van der Waals surface area contributed by atoms with Crippen molar-refractivity contribution in [2.24, 2.45) is 0 Å². The van der Waals surface area contributed by atoms with Gasteiger partial charge >= 0.3 is 0 Å². The molecule has 96 valence electrons. The number of hydrogen-bond donors (Lipinski definition) is 1. The van der Waals surface area contributed by atoms with Crippen molar-refractivity contribution in [3.63, 3.8) is 0 Å². The largest absolute Gasteiger partial charge is 0.373 e. The van der Waals surface area contributed by atoms with Gasteiger partial charge < -0.3 is 5.32 Å². The number of unbranched alkanes of at least 4 members (excludes halogenated alkanes) is 2. The smallest absolute Gasteiger partial charge is 0.164 e. The first-order valence-electron chi connectivity index (χ1n) is 6.30. The molecule has 1 atom stereocenters. The number of anilines is 1. The van der Waals surface area contributed by atoms with Gasteiger partial charge in [-0.3, -0.25) is 4.79 Å². The van der Waals surface area contributed by atoms with E-state index in [0.717, 1.165) is 22.7 Å². The van der Waals surface area contributed by atoms with E-state index in [9.17, 15) is 4.79 Å². The zero-order valence-corrected chi connectivity index (χ0v) is 12.0. The van der Waals surface area contributed by atoms with Crippen LogP contribution in [0.25, 0.3) is 0 Å². The Hall–Kier alpha value is -0.900. The van der Waals surface area contributed by atoms with Gasteiger partial charge in [0.05, 0.1) is 11.3 Å². The molecule has 0 saturated carbocycles. The van der Waals surface area contributed by atoms with E-state index in [4.69, 9.17) is 0 Å². The van der Waals surface area contributed by atoms with E-state index in [1.54, 1.807) is 6.92 Å². The number of nitrogens with zero attached hydrogens (tertiary/aromatic N) is 1. The number of carbonyl (C=O) groups excluding carboxylic acids is 1. The van der Waals surface area contributed by atoms with Gasteiger partial charge in [-0.2, -0.15) is 4.37 Å². The molecule has 0 radical (unpaired) electrons. The Balaban J connectivity index is 2.59. The normalized spacial score (nSPS) is 12.5. The molecule has 0 saturated heterocycles. The number of aromatic nitrogens is 1. The number of hydrogen-bond acceptors (Lipinski definition) is 4. The third kappa shape index (κ3) is 4.11. The minimum atomic E-state index is 0.0968. The second-order valence-corrected chi connectivity index (χ2v) is 5.34. The summed E-state index contributed by atoms with van der Waals surface area (Å²) in [5, 5.41) is 4.34. The third-order valence-electron chi connectivity index (χ3n) is 2.83. The first-order valence-corrected chi connectivity index (χ1v) is 7.07. The van der Waals surface area contributed by atoms with Crippen molar-refractivity contribution >= 4 is 22.3 Å². The van der Waals surface area contributed by atoms with E-state index in [2.05, 4.69) is 23.5 Å². The summed E-state index contributed by atoms with van der Waals surface area (Å²) in [6.07, 6.45) is 4.89. The fourth-order valence-corrected chi connectivity index (χ4v) is 2.84. The standard InChI is InChI=1S/C13H22N2OS/c1-5-6-7-8-9(2)14-13-12(11(4)16)10(3)15-17-13/h9,14H,5-8H2,1-4H3. The molecule has 4 heteroatoms. The monoisotopic (exact) mass is 254 g/mol. The van der Waals surface area contributed by atoms with Gasteiger partial charge in [0.1, 0.15) is 5.00 Å². The van der Waals surface area contributed by atoms with Gasteiger partial charge in [-0.1, -0.05) is 26.2 Å². The van der Waals surface area contributed by atoms with Crippen molar-refractivity contribution in [2.45, 2.75) is 59.4 Å². The lowest BCUT2D eigenvalue weighted by atomic mass is 10.1. The summed E-state index contributed by atoms with van der Waals surface area (Å²) < 4.78 is 4.25. The highest BCUT2D eigenvalue weighted by Crippen LogP contribution is 2.26. The predicted octanol–water partition coefficient (Wildman–Crippen LogP) is 4.03. The molecule has 0 fully saturated rings. The van der Waals surface area contributed by atoms with Gasteiger partial charge in [0.2, 0.25) is 0 Å². The lowest BCUT2D eigenvalue weighted by molar-refractivity contribution is 0.101. The fraction of sp³-hybridized carbons (Fsp3) is 0.692. The summed E-state index contributed by atoms with van der Waals surface area (Å²) in [5.41, 5.74) is 1.60. The Bertz CT molecular complexity index is 373. The number of carbonyl (C=O) groups is 1. The number of Topliss-reactive ketones (excluding diaryl/α,β-unsaturated/α-hetero) is 1. The molecular weight excluding hydrogens is 232 g/mol. The van der Waals surface area contributed by atoms with Gasteiger partial charge in [0.15, 0.2) is 5.78 Å². The van der Waals surface area contributed by atoms with Crippen molar-refractivity contribution in [2.75, 3.05) is 5.32 Å². The van der Waals surface area contributed by atoms with Crippen LogP contribution < -0.4 is 5.32 Å². The third-order valence-corrected chi connectivity index (χ3v) is 3.70. The summed E-state index contributed by atoms with van der Waals surface area (Å²) in [4.78, 5) is 11.5. The highest BCUT2D eigenvalue weighted by molar-refractivity contribution is 7.10. The molecule has 1 aromatic heterocycles. The minimum Gasteiger partial charge on any atom is -0.373 e. The minimum absolute atomic E-state index is 0.0968. The van der Waals surface area contributed by atoms with Gasteiger partial charge in [0, 0.05) is 6.04 Å². The molecule has 0 amide bonds. The van der Waals surface area contributed by atoms with Crippen molar-refractivity contribution in [1.82, 2.24) is 4.37 Å². The number of rotatable bonds is 7. The molecule has 1 rings (SSSR count). The van der Waals surface area contributed by atoms with E-state index in [-0.39, 0.29) is 5.78 Å². The molecular formula is C13H22N2OS. The van der Waals surface area contributed by atoms with E-state index in [1.165, 1.54) is 30.8 Å². The van der Waals surface area contributed by atoms with Crippen LogP contribution in [0.1, 0.15) is 62.5 Å². The lowest BCUT2D eigenvalue weighted by Crippen LogP contribution is -2.15. The first-order chi connectivity index (χ1) is 8.06. The Morgan fingerprint density at radius 2 is 2.18 bits per heavy atom. The van der Waals surface area contributed by atoms with Crippen LogP contribution in [-0.2, 0) is 0 Å². The molecule has 1 heterocycles. The van der Waals surface area contributed by atoms with Crippen molar-refractivity contribution < 1.29 is 4.79 Å². The van der Waals surface area contributed by atoms with Gasteiger partial charge in [-0.05, 0) is 38.7 Å². The molecule has 0 spiro atoms.